The first kappa shape index (κ1) is 13.3. The third-order valence-corrected chi connectivity index (χ3v) is 6.33. The molecule has 1 atom stereocenters. The van der Waals surface area contributed by atoms with Gasteiger partial charge in [0, 0.05) is 4.88 Å². The summed E-state index contributed by atoms with van der Waals surface area (Å²) in [5.74, 6) is 0. The molecule has 17 heavy (non-hydrogen) atoms. The van der Waals surface area contributed by atoms with Crippen LogP contribution < -0.4 is 0 Å². The summed E-state index contributed by atoms with van der Waals surface area (Å²) in [5, 5.41) is 0. The van der Waals surface area contributed by atoms with E-state index in [1.54, 1.807) is 11.3 Å². The van der Waals surface area contributed by atoms with Gasteiger partial charge in [-0.15, -0.1) is 11.3 Å². The second kappa shape index (κ2) is 5.68. The van der Waals surface area contributed by atoms with Crippen molar-refractivity contribution in [2.45, 2.75) is 25.1 Å². The summed E-state index contributed by atoms with van der Waals surface area (Å²) in [6.07, 6.45) is 1.07. The van der Waals surface area contributed by atoms with Crippen molar-refractivity contribution in [1.29, 1.82) is 0 Å². The first-order valence-electron chi connectivity index (χ1n) is 5.61. The zero-order valence-corrected chi connectivity index (χ0v) is 13.8. The molecule has 1 aromatic heterocycles. The molecular weight excluding hydrogens is 360 g/mol. The molecular formula is C14H14Br2S. The zero-order chi connectivity index (χ0) is 12.4. The van der Waals surface area contributed by atoms with Crippen LogP contribution in [0.1, 0.15) is 33.3 Å². The number of hydrogen-bond donors (Lipinski definition) is 0. The van der Waals surface area contributed by atoms with Gasteiger partial charge >= 0.3 is 0 Å². The highest BCUT2D eigenvalue weighted by Crippen LogP contribution is 2.40. The lowest BCUT2D eigenvalue weighted by Gasteiger charge is -2.12. The number of benzene rings is 1. The first-order chi connectivity index (χ1) is 8.13. The Balaban J connectivity index is 2.39. The van der Waals surface area contributed by atoms with Crippen LogP contribution in [0, 0.1) is 6.92 Å². The molecule has 0 saturated heterocycles. The maximum Gasteiger partial charge on any atom is 0.0741 e. The van der Waals surface area contributed by atoms with Crippen LogP contribution in [0.2, 0.25) is 0 Å². The van der Waals surface area contributed by atoms with Gasteiger partial charge in [-0.3, -0.25) is 0 Å². The Labute approximate surface area is 123 Å². The molecule has 0 amide bonds. The summed E-state index contributed by atoms with van der Waals surface area (Å²) in [5.41, 5.74) is 4.10. The molecule has 0 spiro atoms. The van der Waals surface area contributed by atoms with Crippen molar-refractivity contribution in [3.63, 3.8) is 0 Å². The number of thiophene rings is 1. The fraction of sp³-hybridized carbons (Fsp3) is 0.286. The lowest BCUT2D eigenvalue weighted by Crippen LogP contribution is -1.95. The normalized spacial score (nSPS) is 12.7. The largest absolute Gasteiger partial charge is 0.131 e. The Morgan fingerprint density at radius 3 is 2.59 bits per heavy atom. The molecule has 1 aromatic carbocycles. The van der Waals surface area contributed by atoms with E-state index in [0.717, 1.165) is 6.42 Å². The molecule has 0 radical (unpaired) electrons. The maximum atomic E-state index is 3.82. The Kier molecular flexibility index (Phi) is 4.45. The number of aryl methyl sites for hydroxylation is 2. The molecule has 0 nitrogen and oxygen atoms in total. The number of halogens is 2. The average Bonchev–Trinajstić information content (AvgIpc) is 2.68. The summed E-state index contributed by atoms with van der Waals surface area (Å²) in [6.45, 7) is 4.34. The molecule has 0 fully saturated rings. The van der Waals surface area contributed by atoms with E-state index in [2.05, 4.69) is 76.0 Å². The van der Waals surface area contributed by atoms with Gasteiger partial charge in [-0.25, -0.2) is 0 Å². The summed E-state index contributed by atoms with van der Waals surface area (Å²) >= 11 is 9.22. The van der Waals surface area contributed by atoms with Crippen molar-refractivity contribution in [3.8, 4) is 0 Å². The minimum Gasteiger partial charge on any atom is -0.131 e. The quantitative estimate of drug-likeness (QED) is 0.590. The highest BCUT2D eigenvalue weighted by Gasteiger charge is 2.16. The molecule has 0 aliphatic heterocycles. The molecule has 0 saturated carbocycles. The van der Waals surface area contributed by atoms with Crippen molar-refractivity contribution in [1.82, 2.24) is 0 Å². The molecule has 0 aliphatic carbocycles. The lowest BCUT2D eigenvalue weighted by molar-refractivity contribution is 1.07. The highest BCUT2D eigenvalue weighted by atomic mass is 79.9. The van der Waals surface area contributed by atoms with Gasteiger partial charge in [0.15, 0.2) is 0 Å². The molecule has 0 N–H and O–H groups in total. The lowest BCUT2D eigenvalue weighted by atomic mass is 10.0. The number of rotatable bonds is 3. The zero-order valence-electron chi connectivity index (χ0n) is 9.84. The van der Waals surface area contributed by atoms with Crippen LogP contribution >= 0.6 is 43.2 Å². The fourth-order valence-corrected chi connectivity index (χ4v) is 4.29. The minimum atomic E-state index is 0.300. The fourth-order valence-electron chi connectivity index (χ4n) is 1.87. The van der Waals surface area contributed by atoms with Crippen LogP contribution in [0.4, 0.5) is 0 Å². The number of alkyl halides is 1. The maximum absolute atomic E-state index is 3.82. The topological polar surface area (TPSA) is 0 Å². The van der Waals surface area contributed by atoms with Gasteiger partial charge in [0.1, 0.15) is 0 Å². The molecule has 90 valence electrons. The molecule has 2 rings (SSSR count). The van der Waals surface area contributed by atoms with Crippen molar-refractivity contribution in [2.24, 2.45) is 0 Å². The van der Waals surface area contributed by atoms with E-state index >= 15 is 0 Å². The highest BCUT2D eigenvalue weighted by molar-refractivity contribution is 9.11. The first-order valence-corrected chi connectivity index (χ1v) is 8.13. The van der Waals surface area contributed by atoms with Crippen molar-refractivity contribution >= 4 is 43.2 Å². The van der Waals surface area contributed by atoms with Crippen molar-refractivity contribution in [3.05, 3.63) is 55.7 Å². The minimum absolute atomic E-state index is 0.300. The predicted octanol–water partition coefficient (Wildman–Crippen LogP) is 5.87. The SMILES string of the molecule is CCc1ccccc1C(Br)c1cc(C)c(Br)s1. The summed E-state index contributed by atoms with van der Waals surface area (Å²) in [7, 11) is 0. The van der Waals surface area contributed by atoms with E-state index in [9.17, 15) is 0 Å². The van der Waals surface area contributed by atoms with E-state index in [1.165, 1.54) is 25.4 Å². The molecule has 1 unspecified atom stereocenters. The summed E-state index contributed by atoms with van der Waals surface area (Å²) in [6, 6.07) is 10.9. The van der Waals surface area contributed by atoms with Gasteiger partial charge in [0.2, 0.25) is 0 Å². The molecule has 1 heterocycles. The molecule has 2 aromatic rings. The summed E-state index contributed by atoms with van der Waals surface area (Å²) < 4.78 is 1.23. The Hall–Kier alpha value is -0.120. The monoisotopic (exact) mass is 372 g/mol. The van der Waals surface area contributed by atoms with Crippen LogP contribution in [0.5, 0.6) is 0 Å². The van der Waals surface area contributed by atoms with Gasteiger partial charge in [0.05, 0.1) is 8.61 Å². The van der Waals surface area contributed by atoms with Gasteiger partial charge in [-0.1, -0.05) is 47.1 Å². The van der Waals surface area contributed by atoms with E-state index in [4.69, 9.17) is 0 Å². The van der Waals surface area contributed by atoms with Crippen LogP contribution in [0.3, 0.4) is 0 Å². The summed E-state index contributed by atoms with van der Waals surface area (Å²) in [4.78, 5) is 1.66. The van der Waals surface area contributed by atoms with E-state index < -0.39 is 0 Å². The van der Waals surface area contributed by atoms with Crippen LogP contribution in [-0.4, -0.2) is 0 Å². The van der Waals surface area contributed by atoms with Crippen molar-refractivity contribution in [2.75, 3.05) is 0 Å². The average molecular weight is 374 g/mol. The van der Waals surface area contributed by atoms with Gasteiger partial charge in [-0.05, 0) is 52.0 Å². The molecule has 3 heteroatoms. The predicted molar refractivity (Wildman–Crippen MR) is 83.3 cm³/mol. The van der Waals surface area contributed by atoms with Gasteiger partial charge < -0.3 is 0 Å². The molecule has 0 bridgehead atoms. The number of hydrogen-bond acceptors (Lipinski definition) is 1. The van der Waals surface area contributed by atoms with E-state index in [-0.39, 0.29) is 0 Å². The smallest absolute Gasteiger partial charge is 0.0741 e. The standard InChI is InChI=1S/C14H14Br2S/c1-3-10-6-4-5-7-11(10)13(15)12-8-9(2)14(16)17-12/h4-8,13H,3H2,1-2H3. The Morgan fingerprint density at radius 1 is 1.29 bits per heavy atom. The van der Waals surface area contributed by atoms with E-state index in [0.29, 0.717) is 4.83 Å². The Morgan fingerprint density at radius 2 is 2.00 bits per heavy atom. The van der Waals surface area contributed by atoms with Gasteiger partial charge in [0.25, 0.3) is 0 Å². The van der Waals surface area contributed by atoms with Crippen LogP contribution in [0.25, 0.3) is 0 Å². The third kappa shape index (κ3) is 2.83. The second-order valence-electron chi connectivity index (χ2n) is 4.02. The van der Waals surface area contributed by atoms with Gasteiger partial charge in [-0.2, -0.15) is 0 Å². The Bertz CT molecular complexity index is 497. The third-order valence-electron chi connectivity index (χ3n) is 2.84. The molecule has 0 aliphatic rings. The van der Waals surface area contributed by atoms with Crippen LogP contribution in [0.15, 0.2) is 34.1 Å². The second-order valence-corrected chi connectivity index (χ2v) is 7.34. The van der Waals surface area contributed by atoms with Crippen molar-refractivity contribution < 1.29 is 0 Å². The van der Waals surface area contributed by atoms with E-state index in [1.807, 2.05) is 0 Å². The van der Waals surface area contributed by atoms with Crippen LogP contribution in [-0.2, 0) is 6.42 Å².